The molecule has 1 aliphatic heterocycles. The summed E-state index contributed by atoms with van der Waals surface area (Å²) < 4.78 is 5.30. The lowest BCUT2D eigenvalue weighted by atomic mass is 9.96. The number of carbonyl (C=O) groups is 2. The van der Waals surface area contributed by atoms with Crippen molar-refractivity contribution in [3.63, 3.8) is 0 Å². The number of likely N-dealkylation sites (tertiary alicyclic amines) is 1. The van der Waals surface area contributed by atoms with Crippen LogP contribution in [0.2, 0.25) is 0 Å². The minimum absolute atomic E-state index is 0.00755. The Kier molecular flexibility index (Phi) is 5.33. The third kappa shape index (κ3) is 5.11. The highest BCUT2D eigenvalue weighted by atomic mass is 32.1. The van der Waals surface area contributed by atoms with Crippen LogP contribution >= 0.6 is 11.3 Å². The third-order valence-corrected chi connectivity index (χ3v) is 4.24. The number of hydrogen-bond acceptors (Lipinski definition) is 5. The summed E-state index contributed by atoms with van der Waals surface area (Å²) in [4.78, 5) is 25.4. The normalized spacial score (nSPS) is 17.2. The Balaban J connectivity index is 1.58. The molecule has 116 valence electrons. The first-order valence-electron chi connectivity index (χ1n) is 6.84. The number of aliphatic carboxylic acids is 1. The van der Waals surface area contributed by atoms with E-state index in [1.54, 1.807) is 11.3 Å². The van der Waals surface area contributed by atoms with E-state index in [0.29, 0.717) is 26.2 Å². The second-order valence-electron chi connectivity index (χ2n) is 5.46. The predicted molar refractivity (Wildman–Crippen MR) is 79.5 cm³/mol. The third-order valence-electron chi connectivity index (χ3n) is 3.30. The average Bonchev–Trinajstić information content (AvgIpc) is 2.87. The van der Waals surface area contributed by atoms with E-state index in [9.17, 15) is 9.59 Å². The van der Waals surface area contributed by atoms with Crippen molar-refractivity contribution >= 4 is 23.2 Å². The fraction of sp³-hybridized carbons (Fsp3) is 0.571. The molecular weight excluding hydrogens is 292 g/mol. The molecule has 0 aliphatic carbocycles. The highest BCUT2D eigenvalue weighted by molar-refractivity contribution is 7.09. The zero-order chi connectivity index (χ0) is 15.3. The number of nitrogens with one attached hydrogen (secondary N) is 1. The first-order chi connectivity index (χ1) is 9.97. The number of carboxylic acid groups (broad SMARTS) is 1. The van der Waals surface area contributed by atoms with Crippen LogP contribution in [0.3, 0.4) is 0 Å². The molecule has 2 heterocycles. The summed E-state index contributed by atoms with van der Waals surface area (Å²) in [7, 11) is 0. The molecule has 1 aromatic heterocycles. The maximum absolute atomic E-state index is 11.8. The van der Waals surface area contributed by atoms with E-state index in [4.69, 9.17) is 9.84 Å². The predicted octanol–water partition coefficient (Wildman–Crippen LogP) is 0.582. The van der Waals surface area contributed by atoms with Crippen molar-refractivity contribution in [3.8, 4) is 0 Å². The standard InChI is InChI=1S/C14H20N2O4S/c1-14(20-8-13(18)19)9-16(10-14)7-12(17)15-5-4-11-3-2-6-21-11/h2-3,6H,4-5,7-10H2,1H3,(H,15,17)(H,18,19). The Labute approximate surface area is 127 Å². The van der Waals surface area contributed by atoms with Gasteiger partial charge in [-0.3, -0.25) is 9.69 Å². The van der Waals surface area contributed by atoms with Crippen LogP contribution in [0.4, 0.5) is 0 Å². The number of rotatable bonds is 8. The van der Waals surface area contributed by atoms with Gasteiger partial charge in [0.15, 0.2) is 0 Å². The van der Waals surface area contributed by atoms with Gasteiger partial charge < -0.3 is 15.2 Å². The van der Waals surface area contributed by atoms with Gasteiger partial charge in [-0.1, -0.05) is 6.07 Å². The van der Waals surface area contributed by atoms with Crippen LogP contribution in [0.5, 0.6) is 0 Å². The first-order valence-corrected chi connectivity index (χ1v) is 7.72. The average molecular weight is 312 g/mol. The minimum atomic E-state index is -0.971. The molecule has 0 unspecified atom stereocenters. The Hall–Kier alpha value is -1.44. The van der Waals surface area contributed by atoms with Gasteiger partial charge in [-0.05, 0) is 24.8 Å². The van der Waals surface area contributed by atoms with E-state index in [-0.39, 0.29) is 12.5 Å². The molecule has 2 rings (SSSR count). The zero-order valence-corrected chi connectivity index (χ0v) is 12.8. The zero-order valence-electron chi connectivity index (χ0n) is 12.0. The van der Waals surface area contributed by atoms with Crippen molar-refractivity contribution in [1.29, 1.82) is 0 Å². The second kappa shape index (κ2) is 7.02. The first kappa shape index (κ1) is 15.9. The lowest BCUT2D eigenvalue weighted by molar-refractivity contribution is -0.166. The molecular formula is C14H20N2O4S. The van der Waals surface area contributed by atoms with Crippen LogP contribution < -0.4 is 5.32 Å². The van der Waals surface area contributed by atoms with Gasteiger partial charge in [-0.25, -0.2) is 4.79 Å². The van der Waals surface area contributed by atoms with E-state index in [1.165, 1.54) is 4.88 Å². The van der Waals surface area contributed by atoms with Crippen LogP contribution in [-0.2, 0) is 20.7 Å². The molecule has 1 amide bonds. The van der Waals surface area contributed by atoms with E-state index < -0.39 is 11.6 Å². The lowest BCUT2D eigenvalue weighted by Crippen LogP contribution is -2.63. The summed E-state index contributed by atoms with van der Waals surface area (Å²) in [6.45, 7) is 3.70. The van der Waals surface area contributed by atoms with Gasteiger partial charge in [0.2, 0.25) is 5.91 Å². The number of amides is 1. The SMILES string of the molecule is CC1(OCC(=O)O)CN(CC(=O)NCCc2cccs2)C1. The topological polar surface area (TPSA) is 78.9 Å². The van der Waals surface area contributed by atoms with Crippen molar-refractivity contribution in [2.75, 3.05) is 32.8 Å². The van der Waals surface area contributed by atoms with E-state index in [0.717, 1.165) is 6.42 Å². The molecule has 6 nitrogen and oxygen atoms in total. The monoisotopic (exact) mass is 312 g/mol. The summed E-state index contributed by atoms with van der Waals surface area (Å²) in [5.41, 5.74) is -0.449. The Morgan fingerprint density at radius 2 is 2.29 bits per heavy atom. The summed E-state index contributed by atoms with van der Waals surface area (Å²) in [5.74, 6) is -0.979. The molecule has 0 aromatic carbocycles. The molecule has 1 aliphatic rings. The number of thiophene rings is 1. The van der Waals surface area contributed by atoms with Gasteiger partial charge in [0.1, 0.15) is 6.61 Å². The maximum atomic E-state index is 11.8. The van der Waals surface area contributed by atoms with E-state index in [1.807, 2.05) is 23.3 Å². The summed E-state index contributed by atoms with van der Waals surface area (Å²) in [6.07, 6.45) is 0.850. The van der Waals surface area contributed by atoms with Crippen molar-refractivity contribution in [2.45, 2.75) is 18.9 Å². The largest absolute Gasteiger partial charge is 0.480 e. The molecule has 0 bridgehead atoms. The van der Waals surface area contributed by atoms with Crippen LogP contribution in [-0.4, -0.2) is 60.3 Å². The number of nitrogens with zero attached hydrogens (tertiary/aromatic N) is 1. The van der Waals surface area contributed by atoms with Crippen LogP contribution in [0.1, 0.15) is 11.8 Å². The van der Waals surface area contributed by atoms with Gasteiger partial charge in [-0.2, -0.15) is 0 Å². The smallest absolute Gasteiger partial charge is 0.329 e. The van der Waals surface area contributed by atoms with Crippen LogP contribution in [0.15, 0.2) is 17.5 Å². The molecule has 7 heteroatoms. The van der Waals surface area contributed by atoms with Crippen molar-refractivity contribution < 1.29 is 19.4 Å². The lowest BCUT2D eigenvalue weighted by Gasteiger charge is -2.46. The number of hydrogen-bond donors (Lipinski definition) is 2. The Bertz CT molecular complexity index is 483. The molecule has 0 spiro atoms. The van der Waals surface area contributed by atoms with Crippen LogP contribution in [0.25, 0.3) is 0 Å². The molecule has 0 radical (unpaired) electrons. The molecule has 1 aromatic rings. The summed E-state index contributed by atoms with van der Waals surface area (Å²) in [6, 6.07) is 4.05. The van der Waals surface area contributed by atoms with E-state index in [2.05, 4.69) is 11.4 Å². The van der Waals surface area contributed by atoms with Crippen molar-refractivity contribution in [1.82, 2.24) is 10.2 Å². The van der Waals surface area contributed by atoms with Gasteiger partial charge in [0.25, 0.3) is 0 Å². The fourth-order valence-electron chi connectivity index (χ4n) is 2.38. The van der Waals surface area contributed by atoms with Gasteiger partial charge in [0, 0.05) is 24.5 Å². The molecule has 0 atom stereocenters. The van der Waals surface area contributed by atoms with Crippen LogP contribution in [0, 0.1) is 0 Å². The molecule has 0 saturated carbocycles. The quantitative estimate of drug-likeness (QED) is 0.734. The minimum Gasteiger partial charge on any atom is -0.480 e. The van der Waals surface area contributed by atoms with Gasteiger partial charge >= 0.3 is 5.97 Å². The number of ether oxygens (including phenoxy) is 1. The van der Waals surface area contributed by atoms with Crippen molar-refractivity contribution in [3.05, 3.63) is 22.4 Å². The summed E-state index contributed by atoms with van der Waals surface area (Å²) in [5, 5.41) is 13.5. The Morgan fingerprint density at radius 1 is 1.52 bits per heavy atom. The van der Waals surface area contributed by atoms with Gasteiger partial charge in [0.05, 0.1) is 12.1 Å². The molecule has 2 N–H and O–H groups in total. The maximum Gasteiger partial charge on any atom is 0.329 e. The van der Waals surface area contributed by atoms with E-state index >= 15 is 0 Å². The molecule has 1 saturated heterocycles. The fourth-order valence-corrected chi connectivity index (χ4v) is 3.09. The number of carbonyl (C=O) groups excluding carboxylic acids is 1. The van der Waals surface area contributed by atoms with Crippen molar-refractivity contribution in [2.24, 2.45) is 0 Å². The molecule has 1 fully saturated rings. The summed E-state index contributed by atoms with van der Waals surface area (Å²) >= 11 is 1.69. The highest BCUT2D eigenvalue weighted by Gasteiger charge is 2.40. The molecule has 21 heavy (non-hydrogen) atoms. The second-order valence-corrected chi connectivity index (χ2v) is 6.49. The highest BCUT2D eigenvalue weighted by Crippen LogP contribution is 2.23. The van der Waals surface area contributed by atoms with Gasteiger partial charge in [-0.15, -0.1) is 11.3 Å². The number of carboxylic acids is 1. The Morgan fingerprint density at radius 3 is 2.90 bits per heavy atom.